The molecular formula is C47H33NO2S. The van der Waals surface area contributed by atoms with Crippen molar-refractivity contribution in [2.45, 2.75) is 29.1 Å². The number of hydrogen-bond donors (Lipinski definition) is 0. The van der Waals surface area contributed by atoms with E-state index in [0.29, 0.717) is 0 Å². The standard InChI is InChI=1S/C47H33NO2S/c1-47(2)37-18-7-8-21-41(37)50-45-38(47)19-12-20-39(45)48(40-29-31-13-3-4-14-33(31)35-15-5-6-16-36(35)40)32-27-25-30(26-28-32)34-17-11-23-43-46(34)51-44-24-10-9-22-42(44)49-43/h3-29H,1-2H3. The van der Waals surface area contributed by atoms with Crippen LogP contribution in [0.1, 0.15) is 25.0 Å². The van der Waals surface area contributed by atoms with Crippen molar-refractivity contribution in [2.24, 2.45) is 0 Å². The van der Waals surface area contributed by atoms with E-state index in [4.69, 9.17) is 9.47 Å². The second kappa shape index (κ2) is 11.5. The summed E-state index contributed by atoms with van der Waals surface area (Å²) in [5, 5.41) is 4.83. The Morgan fingerprint density at radius 3 is 2.04 bits per heavy atom. The fraction of sp³-hybridized carbons (Fsp3) is 0.0638. The lowest BCUT2D eigenvalue weighted by molar-refractivity contribution is 0.419. The highest BCUT2D eigenvalue weighted by molar-refractivity contribution is 7.99. The molecule has 0 saturated carbocycles. The van der Waals surface area contributed by atoms with E-state index in [-0.39, 0.29) is 5.41 Å². The summed E-state index contributed by atoms with van der Waals surface area (Å²) >= 11 is 1.77. The van der Waals surface area contributed by atoms with Gasteiger partial charge in [0.1, 0.15) is 17.2 Å². The maximum absolute atomic E-state index is 6.89. The zero-order valence-electron chi connectivity index (χ0n) is 28.3. The molecule has 2 aliphatic heterocycles. The molecule has 0 saturated heterocycles. The number of ether oxygens (including phenoxy) is 2. The quantitative estimate of drug-likeness (QED) is 0.173. The second-order valence-electron chi connectivity index (χ2n) is 13.7. The van der Waals surface area contributed by atoms with E-state index in [1.165, 1.54) is 32.7 Å². The van der Waals surface area contributed by atoms with Crippen molar-refractivity contribution >= 4 is 50.4 Å². The minimum atomic E-state index is -0.244. The molecule has 8 aromatic rings. The van der Waals surface area contributed by atoms with E-state index < -0.39 is 0 Å². The van der Waals surface area contributed by atoms with E-state index in [9.17, 15) is 0 Å². The molecule has 0 radical (unpaired) electrons. The smallest absolute Gasteiger partial charge is 0.155 e. The Morgan fingerprint density at radius 1 is 0.510 bits per heavy atom. The van der Waals surface area contributed by atoms with Gasteiger partial charge >= 0.3 is 0 Å². The number of benzene rings is 8. The molecule has 3 nitrogen and oxygen atoms in total. The topological polar surface area (TPSA) is 21.7 Å². The van der Waals surface area contributed by atoms with Gasteiger partial charge in [-0.2, -0.15) is 0 Å². The Morgan fingerprint density at radius 2 is 1.18 bits per heavy atom. The van der Waals surface area contributed by atoms with Gasteiger partial charge in [0.05, 0.1) is 21.2 Å². The molecule has 0 fully saturated rings. The van der Waals surface area contributed by atoms with E-state index in [1.807, 2.05) is 12.1 Å². The van der Waals surface area contributed by atoms with Crippen LogP contribution in [-0.4, -0.2) is 0 Å². The van der Waals surface area contributed by atoms with Crippen LogP contribution >= 0.6 is 11.8 Å². The van der Waals surface area contributed by atoms with Crippen LogP contribution in [0.2, 0.25) is 0 Å². The molecule has 0 spiro atoms. The molecule has 0 unspecified atom stereocenters. The van der Waals surface area contributed by atoms with Gasteiger partial charge in [-0.3, -0.25) is 0 Å². The molecule has 4 heteroatoms. The molecule has 0 aromatic heterocycles. The summed E-state index contributed by atoms with van der Waals surface area (Å²) in [5.74, 6) is 3.57. The number of para-hydroxylation sites is 3. The van der Waals surface area contributed by atoms with E-state index in [0.717, 1.165) is 61.0 Å². The molecule has 51 heavy (non-hydrogen) atoms. The zero-order chi connectivity index (χ0) is 34.1. The normalized spacial score (nSPS) is 13.7. The second-order valence-corrected chi connectivity index (χ2v) is 14.8. The highest BCUT2D eigenvalue weighted by Gasteiger charge is 2.36. The molecule has 0 atom stereocenters. The summed E-state index contributed by atoms with van der Waals surface area (Å²) < 4.78 is 13.2. The van der Waals surface area contributed by atoms with Gasteiger partial charge in [-0.25, -0.2) is 0 Å². The fourth-order valence-corrected chi connectivity index (χ4v) is 8.90. The van der Waals surface area contributed by atoms with Gasteiger partial charge in [-0.05, 0) is 75.8 Å². The van der Waals surface area contributed by atoms with Gasteiger partial charge in [0.2, 0.25) is 0 Å². The summed E-state index contributed by atoms with van der Waals surface area (Å²) in [6.07, 6.45) is 0. The Balaban J connectivity index is 1.17. The average Bonchev–Trinajstić information content (AvgIpc) is 3.17. The van der Waals surface area contributed by atoms with E-state index >= 15 is 0 Å². The monoisotopic (exact) mass is 675 g/mol. The fourth-order valence-electron chi connectivity index (χ4n) is 7.82. The summed E-state index contributed by atoms with van der Waals surface area (Å²) in [6, 6.07) is 58.2. The Bertz CT molecular complexity index is 2660. The van der Waals surface area contributed by atoms with Crippen molar-refractivity contribution in [3.05, 3.63) is 175 Å². The van der Waals surface area contributed by atoms with E-state index in [2.05, 4.69) is 170 Å². The first-order chi connectivity index (χ1) is 25.0. The third-order valence-electron chi connectivity index (χ3n) is 10.4. The molecule has 0 bridgehead atoms. The number of fused-ring (bicyclic) bond motifs is 7. The van der Waals surface area contributed by atoms with Crippen LogP contribution in [0, 0.1) is 0 Å². The summed E-state index contributed by atoms with van der Waals surface area (Å²) in [7, 11) is 0. The third kappa shape index (κ3) is 4.75. The highest BCUT2D eigenvalue weighted by Crippen LogP contribution is 2.55. The van der Waals surface area contributed by atoms with Crippen molar-refractivity contribution in [2.75, 3.05) is 4.90 Å². The number of rotatable bonds is 4. The molecule has 2 heterocycles. The van der Waals surface area contributed by atoms with Gasteiger partial charge in [-0.1, -0.05) is 141 Å². The lowest BCUT2D eigenvalue weighted by Gasteiger charge is -2.37. The molecular weight excluding hydrogens is 643 g/mol. The van der Waals surface area contributed by atoms with Gasteiger partial charge < -0.3 is 14.4 Å². The predicted molar refractivity (Wildman–Crippen MR) is 211 cm³/mol. The first kappa shape index (κ1) is 29.9. The Kier molecular flexibility index (Phi) is 6.77. The zero-order valence-corrected chi connectivity index (χ0v) is 29.1. The molecule has 0 amide bonds. The molecule has 0 aliphatic carbocycles. The minimum absolute atomic E-state index is 0.244. The lowest BCUT2D eigenvalue weighted by atomic mass is 9.75. The molecule has 244 valence electrons. The van der Waals surface area contributed by atoms with Gasteiger partial charge in [-0.15, -0.1) is 0 Å². The van der Waals surface area contributed by atoms with E-state index in [1.54, 1.807) is 11.8 Å². The predicted octanol–water partition coefficient (Wildman–Crippen LogP) is 13.8. The van der Waals surface area contributed by atoms with Gasteiger partial charge in [0.25, 0.3) is 0 Å². The van der Waals surface area contributed by atoms with Crippen LogP contribution < -0.4 is 14.4 Å². The minimum Gasteiger partial charge on any atom is -0.455 e. The first-order valence-electron chi connectivity index (χ1n) is 17.3. The SMILES string of the molecule is CC1(C)c2ccccc2Oc2c(N(c3ccc(-c4cccc5c4Sc4ccccc4O5)cc3)c3cc4ccccc4c4ccccc34)cccc21. The van der Waals surface area contributed by atoms with Gasteiger partial charge in [0, 0.05) is 27.6 Å². The highest BCUT2D eigenvalue weighted by atomic mass is 32.2. The van der Waals surface area contributed by atoms with Crippen LogP contribution in [0.25, 0.3) is 32.7 Å². The maximum Gasteiger partial charge on any atom is 0.155 e. The largest absolute Gasteiger partial charge is 0.455 e. The first-order valence-corrected chi connectivity index (χ1v) is 18.2. The average molecular weight is 676 g/mol. The van der Waals surface area contributed by atoms with Crippen LogP contribution in [0.4, 0.5) is 17.1 Å². The Labute approximate surface area is 301 Å². The Hall–Kier alpha value is -5.97. The molecule has 8 aromatic carbocycles. The van der Waals surface area contributed by atoms with Crippen molar-refractivity contribution in [1.82, 2.24) is 0 Å². The van der Waals surface area contributed by atoms with Crippen molar-refractivity contribution in [3.63, 3.8) is 0 Å². The molecule has 10 rings (SSSR count). The number of hydrogen-bond acceptors (Lipinski definition) is 4. The van der Waals surface area contributed by atoms with Crippen molar-refractivity contribution in [3.8, 4) is 34.1 Å². The lowest BCUT2D eigenvalue weighted by Crippen LogP contribution is -2.25. The van der Waals surface area contributed by atoms with Crippen LogP contribution in [0.3, 0.4) is 0 Å². The van der Waals surface area contributed by atoms with Crippen LogP contribution in [0.5, 0.6) is 23.0 Å². The summed E-state index contributed by atoms with van der Waals surface area (Å²) in [5.41, 5.74) is 7.55. The van der Waals surface area contributed by atoms with Crippen molar-refractivity contribution in [1.29, 1.82) is 0 Å². The number of anilines is 3. The van der Waals surface area contributed by atoms with Gasteiger partial charge in [0.15, 0.2) is 5.75 Å². The summed E-state index contributed by atoms with van der Waals surface area (Å²) in [4.78, 5) is 4.64. The maximum atomic E-state index is 6.89. The van der Waals surface area contributed by atoms with Crippen LogP contribution in [-0.2, 0) is 5.41 Å². The third-order valence-corrected chi connectivity index (χ3v) is 11.5. The molecule has 2 aliphatic rings. The molecule has 0 N–H and O–H groups in total. The summed E-state index contributed by atoms with van der Waals surface area (Å²) in [6.45, 7) is 4.59. The van der Waals surface area contributed by atoms with Crippen LogP contribution in [0.15, 0.2) is 174 Å². The number of nitrogens with zero attached hydrogens (tertiary/aromatic N) is 1. The van der Waals surface area contributed by atoms with Crippen molar-refractivity contribution < 1.29 is 9.47 Å².